The van der Waals surface area contributed by atoms with Crippen LogP contribution in [-0.2, 0) is 10.2 Å². The molecule has 4 aliphatic rings. The van der Waals surface area contributed by atoms with E-state index in [2.05, 4.69) is 25.1 Å². The molecular weight excluding hydrogens is 288 g/mol. The van der Waals surface area contributed by atoms with E-state index in [1.165, 1.54) is 44.1 Å². The van der Waals surface area contributed by atoms with Crippen molar-refractivity contribution >= 4 is 5.97 Å². The molecule has 4 aliphatic carbocycles. The molecule has 0 spiro atoms. The normalized spacial score (nSPS) is 34.6. The zero-order valence-electron chi connectivity index (χ0n) is 13.9. The average Bonchev–Trinajstić information content (AvgIpc) is 2.47. The number of ether oxygens (including phenoxy) is 1. The smallest absolute Gasteiger partial charge is 0.306 e. The molecule has 4 bridgehead atoms. The summed E-state index contributed by atoms with van der Waals surface area (Å²) in [5.41, 5.74) is 3.06. The Hall–Kier alpha value is -1.51. The van der Waals surface area contributed by atoms with Gasteiger partial charge in [0.15, 0.2) is 0 Å². The third-order valence-corrected chi connectivity index (χ3v) is 6.40. The number of aliphatic carboxylic acids is 1. The molecule has 4 fully saturated rings. The summed E-state index contributed by atoms with van der Waals surface area (Å²) >= 11 is 0. The molecule has 0 amide bonds. The van der Waals surface area contributed by atoms with Crippen LogP contribution in [0.15, 0.2) is 18.2 Å². The predicted molar refractivity (Wildman–Crippen MR) is 88.8 cm³/mol. The fourth-order valence-electron chi connectivity index (χ4n) is 5.85. The maximum atomic E-state index is 10.6. The minimum Gasteiger partial charge on any atom is -0.493 e. The first-order valence-corrected chi connectivity index (χ1v) is 9.00. The van der Waals surface area contributed by atoms with Gasteiger partial charge in [0.1, 0.15) is 5.75 Å². The standard InChI is InChI=1S/C20H26O3/c1-13-6-17(2-3-18(13)23-5-4-19(21)22)20-10-14-7-15(11-20)9-16(8-14)12-20/h2-3,6,14-16H,4-5,7-12H2,1H3,(H,21,22). The van der Waals surface area contributed by atoms with Crippen molar-refractivity contribution in [1.29, 1.82) is 0 Å². The summed E-state index contributed by atoms with van der Waals surface area (Å²) in [4.78, 5) is 10.6. The van der Waals surface area contributed by atoms with E-state index in [9.17, 15) is 4.79 Å². The van der Waals surface area contributed by atoms with Crippen molar-refractivity contribution in [2.24, 2.45) is 17.8 Å². The van der Waals surface area contributed by atoms with E-state index in [0.717, 1.165) is 29.1 Å². The maximum absolute atomic E-state index is 10.6. The summed E-state index contributed by atoms with van der Waals surface area (Å²) in [5.74, 6) is 2.88. The first-order valence-electron chi connectivity index (χ1n) is 9.00. The highest BCUT2D eigenvalue weighted by atomic mass is 16.5. The molecule has 0 heterocycles. The highest BCUT2D eigenvalue weighted by molar-refractivity contribution is 5.66. The van der Waals surface area contributed by atoms with Crippen LogP contribution in [-0.4, -0.2) is 17.7 Å². The molecule has 23 heavy (non-hydrogen) atoms. The largest absolute Gasteiger partial charge is 0.493 e. The molecule has 1 aromatic carbocycles. The van der Waals surface area contributed by atoms with Gasteiger partial charge >= 0.3 is 5.97 Å². The lowest BCUT2D eigenvalue weighted by atomic mass is 9.48. The van der Waals surface area contributed by atoms with Gasteiger partial charge in [-0.2, -0.15) is 0 Å². The molecule has 4 saturated carbocycles. The Bertz CT molecular complexity index is 584. The first kappa shape index (κ1) is 15.0. The van der Waals surface area contributed by atoms with E-state index >= 15 is 0 Å². The van der Waals surface area contributed by atoms with Gasteiger partial charge in [0.2, 0.25) is 0 Å². The second-order valence-electron chi connectivity index (χ2n) is 8.17. The van der Waals surface area contributed by atoms with Crippen molar-refractivity contribution in [3.8, 4) is 5.75 Å². The van der Waals surface area contributed by atoms with Crippen molar-refractivity contribution in [1.82, 2.24) is 0 Å². The van der Waals surface area contributed by atoms with E-state index in [-0.39, 0.29) is 13.0 Å². The van der Waals surface area contributed by atoms with Crippen molar-refractivity contribution in [3.63, 3.8) is 0 Å². The Labute approximate surface area is 138 Å². The number of carbonyl (C=O) groups is 1. The number of carboxylic acids is 1. The molecular formula is C20H26O3. The molecule has 0 atom stereocenters. The molecule has 0 aromatic heterocycles. The second-order valence-corrected chi connectivity index (χ2v) is 8.17. The Kier molecular flexibility index (Phi) is 3.62. The number of hydrogen-bond donors (Lipinski definition) is 1. The fraction of sp³-hybridized carbons (Fsp3) is 0.650. The lowest BCUT2D eigenvalue weighted by Gasteiger charge is -2.57. The Balaban J connectivity index is 1.53. The maximum Gasteiger partial charge on any atom is 0.306 e. The highest BCUT2D eigenvalue weighted by Crippen LogP contribution is 2.60. The van der Waals surface area contributed by atoms with Crippen molar-refractivity contribution in [2.45, 2.75) is 57.3 Å². The van der Waals surface area contributed by atoms with Gasteiger partial charge in [-0.15, -0.1) is 0 Å². The number of benzene rings is 1. The quantitative estimate of drug-likeness (QED) is 0.880. The van der Waals surface area contributed by atoms with Crippen LogP contribution in [0.5, 0.6) is 5.75 Å². The number of carboxylic acid groups (broad SMARTS) is 1. The van der Waals surface area contributed by atoms with Gasteiger partial charge in [0, 0.05) is 0 Å². The topological polar surface area (TPSA) is 46.5 Å². The van der Waals surface area contributed by atoms with Crippen LogP contribution in [0.2, 0.25) is 0 Å². The summed E-state index contributed by atoms with van der Waals surface area (Å²) in [5, 5.41) is 8.72. The molecule has 0 saturated heterocycles. The van der Waals surface area contributed by atoms with E-state index in [1.807, 2.05) is 0 Å². The summed E-state index contributed by atoms with van der Waals surface area (Å²) in [6.45, 7) is 2.33. The number of aryl methyl sites for hydroxylation is 1. The van der Waals surface area contributed by atoms with Crippen LogP contribution >= 0.6 is 0 Å². The zero-order chi connectivity index (χ0) is 16.0. The third-order valence-electron chi connectivity index (χ3n) is 6.40. The minimum atomic E-state index is -0.812. The van der Waals surface area contributed by atoms with Crippen molar-refractivity contribution in [3.05, 3.63) is 29.3 Å². The van der Waals surface area contributed by atoms with Crippen molar-refractivity contribution < 1.29 is 14.6 Å². The van der Waals surface area contributed by atoms with Gasteiger partial charge in [-0.1, -0.05) is 12.1 Å². The molecule has 0 radical (unpaired) electrons. The Morgan fingerprint density at radius 2 is 1.78 bits per heavy atom. The lowest BCUT2D eigenvalue weighted by Crippen LogP contribution is -2.48. The SMILES string of the molecule is Cc1cc(C23CC4CC(CC(C4)C2)C3)ccc1OCCC(=O)O. The molecule has 1 N–H and O–H groups in total. The van der Waals surface area contributed by atoms with Crippen LogP contribution < -0.4 is 4.74 Å². The highest BCUT2D eigenvalue weighted by Gasteiger charge is 2.51. The predicted octanol–water partition coefficient (Wildman–Crippen LogP) is 4.32. The summed E-state index contributed by atoms with van der Waals surface area (Å²) in [6, 6.07) is 6.62. The molecule has 3 nitrogen and oxygen atoms in total. The van der Waals surface area contributed by atoms with Gasteiger partial charge in [-0.3, -0.25) is 4.79 Å². The van der Waals surface area contributed by atoms with Gasteiger partial charge in [-0.05, 0) is 85.8 Å². The molecule has 0 unspecified atom stereocenters. The van der Waals surface area contributed by atoms with Crippen LogP contribution in [0.3, 0.4) is 0 Å². The van der Waals surface area contributed by atoms with Crippen LogP contribution in [0, 0.1) is 24.7 Å². The van der Waals surface area contributed by atoms with Crippen molar-refractivity contribution in [2.75, 3.05) is 6.61 Å². The Morgan fingerprint density at radius 3 is 2.30 bits per heavy atom. The minimum absolute atomic E-state index is 0.0518. The molecule has 124 valence electrons. The monoisotopic (exact) mass is 314 g/mol. The molecule has 3 heteroatoms. The van der Waals surface area contributed by atoms with E-state index < -0.39 is 5.97 Å². The van der Waals surface area contributed by atoms with Crippen LogP contribution in [0.25, 0.3) is 0 Å². The Morgan fingerprint density at radius 1 is 1.17 bits per heavy atom. The lowest BCUT2D eigenvalue weighted by molar-refractivity contribution is -0.137. The summed E-state index contributed by atoms with van der Waals surface area (Å²) < 4.78 is 5.64. The fourth-order valence-corrected chi connectivity index (χ4v) is 5.85. The van der Waals surface area contributed by atoms with Crippen LogP contribution in [0.4, 0.5) is 0 Å². The zero-order valence-corrected chi connectivity index (χ0v) is 13.9. The van der Waals surface area contributed by atoms with Crippen LogP contribution in [0.1, 0.15) is 56.1 Å². The van der Waals surface area contributed by atoms with Gasteiger partial charge in [-0.25, -0.2) is 0 Å². The van der Waals surface area contributed by atoms with Gasteiger partial charge in [0.25, 0.3) is 0 Å². The van der Waals surface area contributed by atoms with E-state index in [4.69, 9.17) is 9.84 Å². The number of rotatable bonds is 5. The third kappa shape index (κ3) is 2.75. The molecule has 5 rings (SSSR count). The summed E-state index contributed by atoms with van der Waals surface area (Å²) in [7, 11) is 0. The van der Waals surface area contributed by atoms with E-state index in [1.54, 1.807) is 0 Å². The second kappa shape index (κ2) is 5.54. The molecule has 1 aromatic rings. The number of hydrogen-bond acceptors (Lipinski definition) is 2. The average molecular weight is 314 g/mol. The first-order chi connectivity index (χ1) is 11.0. The van der Waals surface area contributed by atoms with Gasteiger partial charge < -0.3 is 9.84 Å². The molecule has 0 aliphatic heterocycles. The van der Waals surface area contributed by atoms with E-state index in [0.29, 0.717) is 5.41 Å². The summed E-state index contributed by atoms with van der Waals surface area (Å²) in [6.07, 6.45) is 8.57. The van der Waals surface area contributed by atoms with Gasteiger partial charge in [0.05, 0.1) is 13.0 Å².